The summed E-state index contributed by atoms with van der Waals surface area (Å²) in [6.45, 7) is 3.73. The van der Waals surface area contributed by atoms with Crippen LogP contribution in [0.4, 0.5) is 8.78 Å². The Morgan fingerprint density at radius 1 is 1.12 bits per heavy atom. The Labute approximate surface area is 153 Å². The van der Waals surface area contributed by atoms with Crippen molar-refractivity contribution in [1.82, 2.24) is 5.32 Å². The standard InChI is InChI=1S/C19H22F2N2O.ClH/c1-12(2)19(15-9-8-14(20)10-16(15)21)23-18(24)11-17(22)13-6-4-3-5-7-13;/h3-10,12,17,19H,11,22H2,1-2H3,(H,23,24);1H. The van der Waals surface area contributed by atoms with E-state index in [1.54, 1.807) is 0 Å². The number of amides is 1. The molecule has 6 heteroatoms. The molecule has 0 aliphatic carbocycles. The van der Waals surface area contributed by atoms with E-state index in [-0.39, 0.29) is 36.2 Å². The number of halogens is 3. The number of nitrogens with one attached hydrogen (secondary N) is 1. The molecule has 0 bridgehead atoms. The van der Waals surface area contributed by atoms with Crippen molar-refractivity contribution in [2.24, 2.45) is 11.7 Å². The average Bonchev–Trinajstić information content (AvgIpc) is 2.54. The van der Waals surface area contributed by atoms with E-state index in [0.29, 0.717) is 0 Å². The minimum absolute atomic E-state index is 0. The molecule has 0 fully saturated rings. The zero-order valence-electron chi connectivity index (χ0n) is 14.2. The summed E-state index contributed by atoms with van der Waals surface area (Å²) in [6, 6.07) is 11.7. The molecule has 0 aliphatic heterocycles. The van der Waals surface area contributed by atoms with Gasteiger partial charge >= 0.3 is 0 Å². The zero-order valence-corrected chi connectivity index (χ0v) is 15.0. The first kappa shape index (κ1) is 21.1. The highest BCUT2D eigenvalue weighted by Crippen LogP contribution is 2.25. The second-order valence-electron chi connectivity index (χ2n) is 6.18. The maximum absolute atomic E-state index is 14.0. The molecule has 3 nitrogen and oxygen atoms in total. The zero-order chi connectivity index (χ0) is 17.7. The van der Waals surface area contributed by atoms with Crippen molar-refractivity contribution in [3.63, 3.8) is 0 Å². The van der Waals surface area contributed by atoms with Crippen LogP contribution in [0, 0.1) is 17.6 Å². The Balaban J connectivity index is 0.00000312. The fraction of sp³-hybridized carbons (Fsp3) is 0.316. The molecule has 0 saturated heterocycles. The lowest BCUT2D eigenvalue weighted by molar-refractivity contribution is -0.122. The Morgan fingerprint density at radius 3 is 2.32 bits per heavy atom. The number of hydrogen-bond donors (Lipinski definition) is 2. The molecule has 0 aromatic heterocycles. The van der Waals surface area contributed by atoms with Crippen molar-refractivity contribution in [2.45, 2.75) is 32.4 Å². The Hall–Kier alpha value is -1.98. The number of benzene rings is 2. The Kier molecular flexibility index (Phi) is 8.00. The van der Waals surface area contributed by atoms with E-state index in [1.165, 1.54) is 12.1 Å². The van der Waals surface area contributed by atoms with Crippen LogP contribution < -0.4 is 11.1 Å². The van der Waals surface area contributed by atoms with Crippen LogP contribution in [-0.4, -0.2) is 5.91 Å². The second-order valence-corrected chi connectivity index (χ2v) is 6.18. The van der Waals surface area contributed by atoms with Crippen LogP contribution in [0.1, 0.15) is 43.5 Å². The summed E-state index contributed by atoms with van der Waals surface area (Å²) < 4.78 is 27.1. The number of carbonyl (C=O) groups is 1. The van der Waals surface area contributed by atoms with Crippen molar-refractivity contribution in [2.75, 3.05) is 0 Å². The quantitative estimate of drug-likeness (QED) is 0.799. The number of carbonyl (C=O) groups excluding carboxylic acids is 1. The first-order valence-electron chi connectivity index (χ1n) is 7.93. The van der Waals surface area contributed by atoms with Gasteiger partial charge in [-0.15, -0.1) is 12.4 Å². The van der Waals surface area contributed by atoms with Gasteiger partial charge in [-0.3, -0.25) is 4.79 Å². The maximum atomic E-state index is 14.0. The van der Waals surface area contributed by atoms with Crippen molar-refractivity contribution < 1.29 is 13.6 Å². The van der Waals surface area contributed by atoms with Crippen molar-refractivity contribution in [3.8, 4) is 0 Å². The summed E-state index contributed by atoms with van der Waals surface area (Å²) in [5, 5.41) is 2.81. The molecule has 2 atom stereocenters. The van der Waals surface area contributed by atoms with Crippen molar-refractivity contribution in [1.29, 1.82) is 0 Å². The molecule has 0 radical (unpaired) electrons. The normalized spacial score (nSPS) is 13.0. The molecule has 0 heterocycles. The largest absolute Gasteiger partial charge is 0.349 e. The number of hydrogen-bond acceptors (Lipinski definition) is 2. The van der Waals surface area contributed by atoms with E-state index in [1.807, 2.05) is 44.2 Å². The molecule has 0 aliphatic rings. The highest BCUT2D eigenvalue weighted by atomic mass is 35.5. The molecule has 3 N–H and O–H groups in total. The first-order chi connectivity index (χ1) is 11.4. The Bertz CT molecular complexity index is 695. The van der Waals surface area contributed by atoms with Crippen LogP contribution in [0.3, 0.4) is 0 Å². The van der Waals surface area contributed by atoms with E-state index in [0.717, 1.165) is 11.6 Å². The van der Waals surface area contributed by atoms with Gasteiger partial charge in [-0.25, -0.2) is 8.78 Å². The smallest absolute Gasteiger partial charge is 0.222 e. The topological polar surface area (TPSA) is 55.1 Å². The SMILES string of the molecule is CC(C)C(NC(=O)CC(N)c1ccccc1)c1ccc(F)cc1F.Cl. The predicted molar refractivity (Wildman–Crippen MR) is 97.3 cm³/mol. The summed E-state index contributed by atoms with van der Waals surface area (Å²) >= 11 is 0. The lowest BCUT2D eigenvalue weighted by atomic mass is 9.95. The third kappa shape index (κ3) is 5.80. The summed E-state index contributed by atoms with van der Waals surface area (Å²) in [5.41, 5.74) is 7.19. The van der Waals surface area contributed by atoms with E-state index in [9.17, 15) is 13.6 Å². The monoisotopic (exact) mass is 368 g/mol. The first-order valence-corrected chi connectivity index (χ1v) is 7.93. The predicted octanol–water partition coefficient (Wildman–Crippen LogP) is 4.29. The minimum atomic E-state index is -0.665. The molecule has 2 aromatic rings. The molecular formula is C19H23ClF2N2O. The van der Waals surface area contributed by atoms with Gasteiger partial charge in [0.1, 0.15) is 11.6 Å². The molecular weight excluding hydrogens is 346 g/mol. The van der Waals surface area contributed by atoms with Crippen LogP contribution in [0.2, 0.25) is 0 Å². The van der Waals surface area contributed by atoms with Gasteiger partial charge in [0.25, 0.3) is 0 Å². The lowest BCUT2D eigenvalue weighted by Gasteiger charge is -2.24. The van der Waals surface area contributed by atoms with E-state index in [2.05, 4.69) is 5.32 Å². The van der Waals surface area contributed by atoms with Gasteiger partial charge in [-0.1, -0.05) is 50.2 Å². The molecule has 25 heavy (non-hydrogen) atoms. The highest BCUT2D eigenvalue weighted by Gasteiger charge is 2.23. The lowest BCUT2D eigenvalue weighted by Crippen LogP contribution is -2.34. The van der Waals surface area contributed by atoms with Crippen molar-refractivity contribution in [3.05, 3.63) is 71.3 Å². The van der Waals surface area contributed by atoms with Gasteiger partial charge in [0.15, 0.2) is 0 Å². The highest BCUT2D eigenvalue weighted by molar-refractivity contribution is 5.85. The minimum Gasteiger partial charge on any atom is -0.349 e. The molecule has 2 rings (SSSR count). The molecule has 136 valence electrons. The maximum Gasteiger partial charge on any atom is 0.222 e. The van der Waals surface area contributed by atoms with Crippen LogP contribution in [0.15, 0.2) is 48.5 Å². The fourth-order valence-corrected chi connectivity index (χ4v) is 2.61. The van der Waals surface area contributed by atoms with Gasteiger partial charge in [0.05, 0.1) is 6.04 Å². The third-order valence-electron chi connectivity index (χ3n) is 3.91. The van der Waals surface area contributed by atoms with Gasteiger partial charge in [-0.05, 0) is 17.5 Å². The van der Waals surface area contributed by atoms with E-state index in [4.69, 9.17) is 5.73 Å². The van der Waals surface area contributed by atoms with Gasteiger partial charge < -0.3 is 11.1 Å². The average molecular weight is 369 g/mol. The van der Waals surface area contributed by atoms with Crippen LogP contribution >= 0.6 is 12.4 Å². The summed E-state index contributed by atoms with van der Waals surface area (Å²) in [6.07, 6.45) is 0.0933. The van der Waals surface area contributed by atoms with Crippen LogP contribution in [0.5, 0.6) is 0 Å². The summed E-state index contributed by atoms with van der Waals surface area (Å²) in [4.78, 5) is 12.3. The summed E-state index contributed by atoms with van der Waals surface area (Å²) in [7, 11) is 0. The van der Waals surface area contributed by atoms with Crippen molar-refractivity contribution >= 4 is 18.3 Å². The molecule has 0 spiro atoms. The van der Waals surface area contributed by atoms with Gasteiger partial charge in [0.2, 0.25) is 5.91 Å². The molecule has 1 amide bonds. The van der Waals surface area contributed by atoms with Gasteiger partial charge in [0, 0.05) is 24.1 Å². The fourth-order valence-electron chi connectivity index (χ4n) is 2.61. The van der Waals surface area contributed by atoms with E-state index < -0.39 is 23.7 Å². The van der Waals surface area contributed by atoms with E-state index >= 15 is 0 Å². The second kappa shape index (κ2) is 9.49. The summed E-state index contributed by atoms with van der Waals surface area (Å²) in [5.74, 6) is -1.63. The van der Waals surface area contributed by atoms with Gasteiger partial charge in [-0.2, -0.15) is 0 Å². The Morgan fingerprint density at radius 2 is 1.76 bits per heavy atom. The molecule has 2 aromatic carbocycles. The molecule has 0 saturated carbocycles. The van der Waals surface area contributed by atoms with Crippen LogP contribution in [-0.2, 0) is 4.79 Å². The third-order valence-corrected chi connectivity index (χ3v) is 3.91. The molecule has 2 unspecified atom stereocenters. The number of rotatable bonds is 6. The van der Waals surface area contributed by atoms with Crippen LogP contribution in [0.25, 0.3) is 0 Å². The number of nitrogens with two attached hydrogens (primary N) is 1.